The number of nitrogens with zero attached hydrogens (tertiary/aromatic N) is 3. The summed E-state index contributed by atoms with van der Waals surface area (Å²) in [6.45, 7) is 3.32. The zero-order valence-corrected chi connectivity index (χ0v) is 14.6. The first kappa shape index (κ1) is 16.2. The van der Waals surface area contributed by atoms with Crippen LogP contribution in [0.15, 0.2) is 28.9 Å². The van der Waals surface area contributed by atoms with Crippen molar-refractivity contribution in [3.05, 3.63) is 50.7 Å². The summed E-state index contributed by atoms with van der Waals surface area (Å²) in [4.78, 5) is 14.8. The molecule has 0 aliphatic heterocycles. The smallest absolute Gasteiger partial charge is 0.212 e. The van der Waals surface area contributed by atoms with E-state index in [4.69, 9.17) is 11.6 Å². The van der Waals surface area contributed by atoms with E-state index < -0.39 is 0 Å². The van der Waals surface area contributed by atoms with Gasteiger partial charge in [0.1, 0.15) is 5.69 Å². The van der Waals surface area contributed by atoms with Crippen LogP contribution in [0.3, 0.4) is 0 Å². The molecule has 112 valence electrons. The number of aryl methyl sites for hydroxylation is 1. The van der Waals surface area contributed by atoms with E-state index in [1.54, 1.807) is 4.68 Å². The SMILES string of the molecule is Cc1ccc(Br)cc1C(=O)c1c(Cl)cnn1CCN(C)C. The van der Waals surface area contributed by atoms with Crippen LogP contribution in [0.5, 0.6) is 0 Å². The van der Waals surface area contributed by atoms with Crippen molar-refractivity contribution < 1.29 is 4.79 Å². The lowest BCUT2D eigenvalue weighted by Crippen LogP contribution is -2.22. The summed E-state index contributed by atoms with van der Waals surface area (Å²) < 4.78 is 2.54. The molecule has 0 spiro atoms. The van der Waals surface area contributed by atoms with Crippen LogP contribution in [0, 0.1) is 6.92 Å². The van der Waals surface area contributed by atoms with Crippen molar-refractivity contribution >= 4 is 33.3 Å². The Morgan fingerprint density at radius 1 is 1.43 bits per heavy atom. The Labute approximate surface area is 137 Å². The van der Waals surface area contributed by atoms with Crippen LogP contribution in [-0.2, 0) is 6.54 Å². The Morgan fingerprint density at radius 2 is 2.14 bits per heavy atom. The van der Waals surface area contributed by atoms with Crippen molar-refractivity contribution in [1.29, 1.82) is 0 Å². The summed E-state index contributed by atoms with van der Waals surface area (Å²) in [7, 11) is 3.95. The van der Waals surface area contributed by atoms with Gasteiger partial charge in [0.15, 0.2) is 0 Å². The minimum atomic E-state index is -0.102. The number of benzene rings is 1. The van der Waals surface area contributed by atoms with Gasteiger partial charge >= 0.3 is 0 Å². The summed E-state index contributed by atoms with van der Waals surface area (Å²) >= 11 is 9.57. The molecule has 1 aromatic heterocycles. The molecule has 6 heteroatoms. The Hall–Kier alpha value is -1.17. The van der Waals surface area contributed by atoms with Gasteiger partial charge in [0.25, 0.3) is 0 Å². The van der Waals surface area contributed by atoms with Gasteiger partial charge in [-0.05, 0) is 38.7 Å². The van der Waals surface area contributed by atoms with E-state index in [9.17, 15) is 4.79 Å². The standard InChI is InChI=1S/C15H17BrClN3O/c1-10-4-5-11(16)8-12(10)15(21)14-13(17)9-18-20(14)7-6-19(2)3/h4-5,8-9H,6-7H2,1-3H3. The highest BCUT2D eigenvalue weighted by molar-refractivity contribution is 9.10. The Kier molecular flexibility index (Phi) is 5.19. The fraction of sp³-hybridized carbons (Fsp3) is 0.333. The number of carbonyl (C=O) groups is 1. The second-order valence-electron chi connectivity index (χ2n) is 5.16. The summed E-state index contributed by atoms with van der Waals surface area (Å²) in [5.74, 6) is -0.102. The summed E-state index contributed by atoms with van der Waals surface area (Å²) in [6, 6.07) is 5.64. The number of hydrogen-bond acceptors (Lipinski definition) is 3. The topological polar surface area (TPSA) is 38.1 Å². The maximum absolute atomic E-state index is 12.8. The quantitative estimate of drug-likeness (QED) is 0.757. The molecule has 0 N–H and O–H groups in total. The zero-order valence-electron chi connectivity index (χ0n) is 12.2. The number of ketones is 1. The second-order valence-corrected chi connectivity index (χ2v) is 6.48. The molecule has 2 rings (SSSR count). The molecule has 0 saturated carbocycles. The first-order valence-electron chi connectivity index (χ1n) is 6.57. The van der Waals surface area contributed by atoms with E-state index in [0.717, 1.165) is 16.6 Å². The van der Waals surface area contributed by atoms with E-state index in [1.165, 1.54) is 6.20 Å². The second kappa shape index (κ2) is 6.73. The molecule has 1 heterocycles. The van der Waals surface area contributed by atoms with Crippen molar-refractivity contribution in [3.8, 4) is 0 Å². The minimum absolute atomic E-state index is 0.102. The normalized spacial score (nSPS) is 11.1. The fourth-order valence-electron chi connectivity index (χ4n) is 2.02. The molecule has 0 aliphatic carbocycles. The van der Waals surface area contributed by atoms with Gasteiger partial charge in [-0.15, -0.1) is 0 Å². The first-order chi connectivity index (χ1) is 9.90. The van der Waals surface area contributed by atoms with Crippen LogP contribution in [-0.4, -0.2) is 41.1 Å². The van der Waals surface area contributed by atoms with Gasteiger partial charge in [-0.1, -0.05) is 33.6 Å². The summed E-state index contributed by atoms with van der Waals surface area (Å²) in [5, 5.41) is 4.60. The maximum Gasteiger partial charge on any atom is 0.212 e. The van der Waals surface area contributed by atoms with Crippen LogP contribution >= 0.6 is 27.5 Å². The van der Waals surface area contributed by atoms with Gasteiger partial charge < -0.3 is 4.90 Å². The molecule has 2 aromatic rings. The molecular weight excluding hydrogens is 354 g/mol. The molecule has 0 bridgehead atoms. The number of aromatic nitrogens is 2. The molecule has 0 atom stereocenters. The Bertz CT molecular complexity index is 667. The molecule has 0 fully saturated rings. The number of rotatable bonds is 5. The van der Waals surface area contributed by atoms with Gasteiger partial charge in [-0.25, -0.2) is 0 Å². The third kappa shape index (κ3) is 3.73. The van der Waals surface area contributed by atoms with Gasteiger partial charge in [0, 0.05) is 16.6 Å². The van der Waals surface area contributed by atoms with Crippen LogP contribution < -0.4 is 0 Å². The first-order valence-corrected chi connectivity index (χ1v) is 7.74. The van der Waals surface area contributed by atoms with Crippen molar-refractivity contribution in [2.24, 2.45) is 0 Å². The highest BCUT2D eigenvalue weighted by Gasteiger charge is 2.20. The number of hydrogen-bond donors (Lipinski definition) is 0. The van der Waals surface area contributed by atoms with Crippen molar-refractivity contribution in [1.82, 2.24) is 14.7 Å². The molecule has 1 aromatic carbocycles. The minimum Gasteiger partial charge on any atom is -0.308 e. The Balaban J connectivity index is 2.39. The van der Waals surface area contributed by atoms with E-state index in [2.05, 4.69) is 21.0 Å². The van der Waals surface area contributed by atoms with Crippen molar-refractivity contribution in [3.63, 3.8) is 0 Å². The summed E-state index contributed by atoms with van der Waals surface area (Å²) in [6.07, 6.45) is 1.53. The molecule has 0 amide bonds. The molecular formula is C15H17BrClN3O. The number of likely N-dealkylation sites (N-methyl/N-ethyl adjacent to an activating group) is 1. The average molecular weight is 371 g/mol. The third-order valence-corrected chi connectivity index (χ3v) is 3.98. The van der Waals surface area contributed by atoms with Crippen molar-refractivity contribution in [2.75, 3.05) is 20.6 Å². The van der Waals surface area contributed by atoms with Crippen LogP contribution in [0.25, 0.3) is 0 Å². The van der Waals surface area contributed by atoms with Gasteiger partial charge in [0.05, 0.1) is 17.8 Å². The van der Waals surface area contributed by atoms with E-state index in [0.29, 0.717) is 22.8 Å². The van der Waals surface area contributed by atoms with Gasteiger partial charge in [0.2, 0.25) is 5.78 Å². The lowest BCUT2D eigenvalue weighted by molar-refractivity contribution is 0.102. The Morgan fingerprint density at radius 3 is 2.81 bits per heavy atom. The predicted molar refractivity (Wildman–Crippen MR) is 88.1 cm³/mol. The molecule has 21 heavy (non-hydrogen) atoms. The fourth-order valence-corrected chi connectivity index (χ4v) is 2.61. The monoisotopic (exact) mass is 369 g/mol. The van der Waals surface area contributed by atoms with Crippen LogP contribution in [0.1, 0.15) is 21.6 Å². The van der Waals surface area contributed by atoms with E-state index in [-0.39, 0.29) is 5.78 Å². The average Bonchev–Trinajstić information content (AvgIpc) is 2.79. The highest BCUT2D eigenvalue weighted by Crippen LogP contribution is 2.23. The van der Waals surface area contributed by atoms with Crippen molar-refractivity contribution in [2.45, 2.75) is 13.5 Å². The lowest BCUT2D eigenvalue weighted by atomic mass is 10.0. The summed E-state index contributed by atoms with van der Waals surface area (Å²) in [5.41, 5.74) is 2.00. The van der Waals surface area contributed by atoms with E-state index in [1.807, 2.05) is 44.1 Å². The number of halogens is 2. The number of carbonyl (C=O) groups excluding carboxylic acids is 1. The molecule has 0 saturated heterocycles. The lowest BCUT2D eigenvalue weighted by Gasteiger charge is -2.12. The van der Waals surface area contributed by atoms with Crippen LogP contribution in [0.2, 0.25) is 5.02 Å². The van der Waals surface area contributed by atoms with Gasteiger partial charge in [-0.2, -0.15) is 5.10 Å². The highest BCUT2D eigenvalue weighted by atomic mass is 79.9. The van der Waals surface area contributed by atoms with Gasteiger partial charge in [-0.3, -0.25) is 9.48 Å². The zero-order chi connectivity index (χ0) is 15.6. The third-order valence-electron chi connectivity index (χ3n) is 3.21. The predicted octanol–water partition coefficient (Wildman–Crippen LogP) is 3.40. The maximum atomic E-state index is 12.8. The molecule has 0 aliphatic rings. The molecule has 4 nitrogen and oxygen atoms in total. The van der Waals surface area contributed by atoms with Crippen LogP contribution in [0.4, 0.5) is 0 Å². The largest absolute Gasteiger partial charge is 0.308 e. The molecule has 0 unspecified atom stereocenters. The van der Waals surface area contributed by atoms with E-state index >= 15 is 0 Å². The molecule has 0 radical (unpaired) electrons.